The third-order valence-electron chi connectivity index (χ3n) is 5.69. The predicted octanol–water partition coefficient (Wildman–Crippen LogP) is 3.45. The van der Waals surface area contributed by atoms with Crippen molar-refractivity contribution in [3.05, 3.63) is 57.6 Å². The van der Waals surface area contributed by atoms with Crippen LogP contribution in [0.5, 0.6) is 5.75 Å². The van der Waals surface area contributed by atoms with Crippen LogP contribution in [0.25, 0.3) is 0 Å². The first-order valence-electron chi connectivity index (χ1n) is 10.2. The molecule has 0 unspecified atom stereocenters. The summed E-state index contributed by atoms with van der Waals surface area (Å²) in [7, 11) is 1.58. The van der Waals surface area contributed by atoms with E-state index in [0.29, 0.717) is 49.2 Å². The number of benzene rings is 2. The number of carbonyl (C=O) groups excluding carboxylic acids is 1. The first-order chi connectivity index (χ1) is 14.5. The van der Waals surface area contributed by atoms with Crippen molar-refractivity contribution in [3.63, 3.8) is 0 Å². The first-order valence-corrected chi connectivity index (χ1v) is 10.2. The molecule has 1 aliphatic carbocycles. The summed E-state index contributed by atoms with van der Waals surface area (Å²) >= 11 is 0. The number of ether oxygens (including phenoxy) is 1. The fourth-order valence-corrected chi connectivity index (χ4v) is 3.87. The monoisotopic (exact) mass is 410 g/mol. The normalized spacial score (nSPS) is 16.3. The molecule has 1 saturated heterocycles. The van der Waals surface area contributed by atoms with E-state index in [-0.39, 0.29) is 16.5 Å². The Labute approximate surface area is 175 Å². The number of nitro benzene ring substituents is 1. The summed E-state index contributed by atoms with van der Waals surface area (Å²) in [6.45, 7) is 4.42. The van der Waals surface area contributed by atoms with Crippen LogP contribution < -0.4 is 15.0 Å². The Morgan fingerprint density at radius 3 is 2.53 bits per heavy atom. The minimum absolute atomic E-state index is 0.0324. The molecular formula is C22H26N4O4. The zero-order valence-corrected chi connectivity index (χ0v) is 17.3. The maximum atomic E-state index is 13.0. The van der Waals surface area contributed by atoms with Crippen molar-refractivity contribution in [2.75, 3.05) is 43.5 Å². The summed E-state index contributed by atoms with van der Waals surface area (Å²) in [5, 5.41) is 14.6. The molecule has 2 fully saturated rings. The van der Waals surface area contributed by atoms with Gasteiger partial charge in [0.05, 0.1) is 17.6 Å². The van der Waals surface area contributed by atoms with E-state index in [1.807, 2.05) is 30.0 Å². The number of piperazine rings is 1. The number of nitrogens with zero attached hydrogens (tertiary/aromatic N) is 3. The second-order valence-corrected chi connectivity index (χ2v) is 7.81. The Bertz CT molecular complexity index is 966. The molecule has 8 nitrogen and oxygen atoms in total. The molecule has 2 aromatic rings. The average Bonchev–Trinajstić information content (AvgIpc) is 3.57. The maximum absolute atomic E-state index is 13.0. The topological polar surface area (TPSA) is 88.0 Å². The van der Waals surface area contributed by atoms with E-state index in [2.05, 4.69) is 10.2 Å². The molecule has 4 rings (SSSR count). The van der Waals surface area contributed by atoms with Gasteiger partial charge in [0.15, 0.2) is 0 Å². The quantitative estimate of drug-likeness (QED) is 0.580. The molecule has 0 atom stereocenters. The summed E-state index contributed by atoms with van der Waals surface area (Å²) in [6.07, 6.45) is 2.09. The van der Waals surface area contributed by atoms with Gasteiger partial charge >= 0.3 is 0 Å². The molecule has 0 aromatic heterocycles. The zero-order valence-electron chi connectivity index (χ0n) is 17.3. The highest BCUT2D eigenvalue weighted by Crippen LogP contribution is 2.34. The van der Waals surface area contributed by atoms with Gasteiger partial charge in [0.25, 0.3) is 11.6 Å². The van der Waals surface area contributed by atoms with Crippen molar-refractivity contribution in [2.45, 2.75) is 25.8 Å². The molecule has 1 saturated carbocycles. The average molecular weight is 410 g/mol. The van der Waals surface area contributed by atoms with Crippen molar-refractivity contribution < 1.29 is 14.5 Å². The van der Waals surface area contributed by atoms with Gasteiger partial charge in [-0.05, 0) is 43.5 Å². The minimum Gasteiger partial charge on any atom is -0.496 e. The van der Waals surface area contributed by atoms with Crippen molar-refractivity contribution in [3.8, 4) is 5.75 Å². The van der Waals surface area contributed by atoms with Crippen LogP contribution in [0.15, 0.2) is 36.4 Å². The molecule has 1 N–H and O–H groups in total. The smallest absolute Gasteiger partial charge is 0.292 e. The van der Waals surface area contributed by atoms with Crippen LogP contribution in [0, 0.1) is 17.0 Å². The van der Waals surface area contributed by atoms with Gasteiger partial charge in [0.2, 0.25) is 0 Å². The van der Waals surface area contributed by atoms with Crippen molar-refractivity contribution in [1.82, 2.24) is 4.90 Å². The first kappa shape index (κ1) is 20.0. The fourth-order valence-electron chi connectivity index (χ4n) is 3.87. The molecule has 0 bridgehead atoms. The van der Waals surface area contributed by atoms with E-state index in [4.69, 9.17) is 4.74 Å². The van der Waals surface area contributed by atoms with Crippen LogP contribution in [0.2, 0.25) is 0 Å². The maximum Gasteiger partial charge on any atom is 0.292 e. The van der Waals surface area contributed by atoms with Crippen molar-refractivity contribution in [2.24, 2.45) is 0 Å². The van der Waals surface area contributed by atoms with Crippen LogP contribution >= 0.6 is 0 Å². The number of hydrogen-bond acceptors (Lipinski definition) is 6. The fraction of sp³-hybridized carbons (Fsp3) is 0.409. The number of methoxy groups -OCH3 is 1. The van der Waals surface area contributed by atoms with Crippen LogP contribution in [-0.2, 0) is 0 Å². The third-order valence-corrected chi connectivity index (χ3v) is 5.69. The van der Waals surface area contributed by atoms with Gasteiger partial charge in [-0.25, -0.2) is 0 Å². The summed E-state index contributed by atoms with van der Waals surface area (Å²) in [4.78, 5) is 28.0. The summed E-state index contributed by atoms with van der Waals surface area (Å²) in [5.74, 6) is 0.589. The summed E-state index contributed by atoms with van der Waals surface area (Å²) in [6, 6.07) is 11.1. The van der Waals surface area contributed by atoms with Crippen LogP contribution in [0.3, 0.4) is 0 Å². The van der Waals surface area contributed by atoms with Gasteiger partial charge in [-0.1, -0.05) is 12.1 Å². The van der Waals surface area contributed by atoms with E-state index in [1.165, 1.54) is 0 Å². The molecule has 158 valence electrons. The molecule has 30 heavy (non-hydrogen) atoms. The molecule has 1 heterocycles. The van der Waals surface area contributed by atoms with Gasteiger partial charge in [0, 0.05) is 44.0 Å². The Kier molecular flexibility index (Phi) is 5.48. The van der Waals surface area contributed by atoms with Gasteiger partial charge < -0.3 is 19.9 Å². The largest absolute Gasteiger partial charge is 0.496 e. The molecule has 0 radical (unpaired) electrons. The lowest BCUT2D eigenvalue weighted by Crippen LogP contribution is -2.48. The summed E-state index contributed by atoms with van der Waals surface area (Å²) in [5.41, 5.74) is 3.12. The highest BCUT2D eigenvalue weighted by molar-refractivity contribution is 5.97. The van der Waals surface area contributed by atoms with E-state index in [0.717, 1.165) is 24.1 Å². The van der Waals surface area contributed by atoms with Gasteiger partial charge in [0.1, 0.15) is 11.4 Å². The predicted molar refractivity (Wildman–Crippen MR) is 116 cm³/mol. The standard InChI is InChI=1S/C22H26N4O4/c1-15-4-3-5-18(21(15)30-2)22(27)25-12-10-24(11-13-25)17-8-9-20(26(28)29)19(14-17)23-16-6-7-16/h3-5,8-9,14,16,23H,6-7,10-13H2,1-2H3. The van der Waals surface area contributed by atoms with Gasteiger partial charge in [-0.3, -0.25) is 14.9 Å². The molecule has 2 aromatic carbocycles. The minimum atomic E-state index is -0.347. The summed E-state index contributed by atoms with van der Waals surface area (Å²) < 4.78 is 5.44. The van der Waals surface area contributed by atoms with Crippen molar-refractivity contribution >= 4 is 23.0 Å². The van der Waals surface area contributed by atoms with E-state index >= 15 is 0 Å². The Morgan fingerprint density at radius 2 is 1.90 bits per heavy atom. The van der Waals surface area contributed by atoms with Gasteiger partial charge in [-0.2, -0.15) is 0 Å². The molecule has 1 aliphatic heterocycles. The second-order valence-electron chi connectivity index (χ2n) is 7.81. The highest BCUT2D eigenvalue weighted by atomic mass is 16.6. The molecule has 0 spiro atoms. The number of hydrogen-bond donors (Lipinski definition) is 1. The van der Waals surface area contributed by atoms with E-state index in [9.17, 15) is 14.9 Å². The van der Waals surface area contributed by atoms with Gasteiger partial charge in [-0.15, -0.1) is 0 Å². The van der Waals surface area contributed by atoms with Crippen LogP contribution in [-0.4, -0.2) is 55.1 Å². The number of nitro groups is 1. The number of carbonyl (C=O) groups is 1. The lowest BCUT2D eigenvalue weighted by Gasteiger charge is -2.36. The third kappa shape index (κ3) is 4.03. The number of amides is 1. The number of para-hydroxylation sites is 1. The second kappa shape index (κ2) is 8.22. The van der Waals surface area contributed by atoms with E-state index < -0.39 is 0 Å². The molecule has 8 heteroatoms. The lowest BCUT2D eigenvalue weighted by atomic mass is 10.1. The van der Waals surface area contributed by atoms with E-state index in [1.54, 1.807) is 25.3 Å². The Balaban J connectivity index is 1.46. The highest BCUT2D eigenvalue weighted by Gasteiger charge is 2.28. The molecule has 2 aliphatic rings. The number of nitrogens with one attached hydrogen (secondary N) is 1. The molecular weight excluding hydrogens is 384 g/mol. The Hall–Kier alpha value is -3.29. The molecule has 1 amide bonds. The van der Waals surface area contributed by atoms with Crippen LogP contribution in [0.4, 0.5) is 17.1 Å². The SMILES string of the molecule is COc1c(C)cccc1C(=O)N1CCN(c2ccc([N+](=O)[O-])c(NC3CC3)c2)CC1. The van der Waals surface area contributed by atoms with Crippen LogP contribution in [0.1, 0.15) is 28.8 Å². The lowest BCUT2D eigenvalue weighted by molar-refractivity contribution is -0.384. The zero-order chi connectivity index (χ0) is 21.3. The Morgan fingerprint density at radius 1 is 1.17 bits per heavy atom. The van der Waals surface area contributed by atoms with Crippen molar-refractivity contribution in [1.29, 1.82) is 0 Å². The number of aryl methyl sites for hydroxylation is 1. The number of rotatable bonds is 6. The number of anilines is 2.